The van der Waals surface area contributed by atoms with Gasteiger partial charge in [0.05, 0.1) is 5.69 Å². The van der Waals surface area contributed by atoms with Crippen molar-refractivity contribution in [3.8, 4) is 28.1 Å². The van der Waals surface area contributed by atoms with E-state index >= 15 is 0 Å². The average Bonchev–Trinajstić information content (AvgIpc) is 2.83. The summed E-state index contributed by atoms with van der Waals surface area (Å²) >= 11 is 0. The molecule has 0 amide bonds. The number of rotatable bonds is 0. The van der Waals surface area contributed by atoms with Crippen molar-refractivity contribution in [1.29, 1.82) is 0 Å². The first-order valence-corrected chi connectivity index (χ1v) is 7.87. The first-order valence-electron chi connectivity index (χ1n) is 7.87. The topological polar surface area (TPSA) is 35.0 Å². The molecule has 1 aromatic carbocycles. The third-order valence-corrected chi connectivity index (χ3v) is 5.08. The first kappa shape index (κ1) is 12.8. The maximum Gasteiger partial charge on any atom is 0.128 e. The molecule has 0 N–H and O–H groups in total. The van der Waals surface area contributed by atoms with E-state index in [1.165, 1.54) is 27.8 Å². The zero-order chi connectivity index (χ0) is 15.6. The quantitative estimate of drug-likeness (QED) is 0.619. The summed E-state index contributed by atoms with van der Waals surface area (Å²) in [4.78, 5) is 8.90. The van der Waals surface area contributed by atoms with Gasteiger partial charge >= 0.3 is 0 Å². The Morgan fingerprint density at radius 1 is 1.04 bits per heavy atom. The van der Waals surface area contributed by atoms with Crippen LogP contribution in [-0.4, -0.2) is 9.97 Å². The van der Waals surface area contributed by atoms with E-state index in [1.807, 2.05) is 24.7 Å². The Bertz CT molecular complexity index is 960. The molecule has 3 aromatic rings. The van der Waals surface area contributed by atoms with Crippen LogP contribution in [-0.2, 0) is 12.0 Å². The Balaban J connectivity index is 1.91. The second kappa shape index (κ2) is 4.19. The lowest BCUT2D eigenvalue weighted by Gasteiger charge is -2.29. The minimum atomic E-state index is -0.0918. The van der Waals surface area contributed by atoms with Crippen molar-refractivity contribution in [3.05, 3.63) is 65.6 Å². The molecule has 0 atom stereocenters. The van der Waals surface area contributed by atoms with E-state index < -0.39 is 0 Å². The summed E-state index contributed by atoms with van der Waals surface area (Å²) in [5.41, 5.74) is 8.40. The fraction of sp³-hybridized carbons (Fsp3) is 0.200. The minimum Gasteiger partial charge on any atom is -0.488 e. The first-order chi connectivity index (χ1) is 11.2. The van der Waals surface area contributed by atoms with Gasteiger partial charge in [0.25, 0.3) is 0 Å². The molecule has 2 aliphatic rings. The number of fused-ring (bicyclic) bond motifs is 7. The molecule has 3 heteroatoms. The highest BCUT2D eigenvalue weighted by Gasteiger charge is 2.40. The molecular formula is C20H16N2O. The third-order valence-electron chi connectivity index (χ3n) is 5.08. The molecule has 1 aliphatic carbocycles. The SMILES string of the molecule is CC1(C)c2cccnc2-c2ccc3c(c21)-c1ccncc1CO3. The number of benzene rings is 1. The number of hydrogen-bond donors (Lipinski definition) is 0. The smallest absolute Gasteiger partial charge is 0.128 e. The van der Waals surface area contributed by atoms with Gasteiger partial charge in [-0.05, 0) is 41.0 Å². The van der Waals surface area contributed by atoms with Crippen LogP contribution in [0.15, 0.2) is 48.9 Å². The average molecular weight is 300 g/mol. The van der Waals surface area contributed by atoms with Gasteiger partial charge in [0.2, 0.25) is 0 Å². The Morgan fingerprint density at radius 3 is 2.87 bits per heavy atom. The Morgan fingerprint density at radius 2 is 1.96 bits per heavy atom. The molecule has 0 unspecified atom stereocenters. The number of pyridine rings is 2. The number of ether oxygens (including phenoxy) is 1. The normalized spacial score (nSPS) is 15.9. The van der Waals surface area contributed by atoms with Crippen LogP contribution in [0.1, 0.15) is 30.5 Å². The van der Waals surface area contributed by atoms with E-state index in [0.29, 0.717) is 6.61 Å². The highest BCUT2D eigenvalue weighted by molar-refractivity contribution is 5.90. The minimum absolute atomic E-state index is 0.0918. The van der Waals surface area contributed by atoms with Gasteiger partial charge in [-0.2, -0.15) is 0 Å². The summed E-state index contributed by atoms with van der Waals surface area (Å²) in [6, 6.07) is 10.5. The molecule has 0 spiro atoms. The van der Waals surface area contributed by atoms with Crippen molar-refractivity contribution in [1.82, 2.24) is 9.97 Å². The van der Waals surface area contributed by atoms with Gasteiger partial charge in [0, 0.05) is 40.7 Å². The van der Waals surface area contributed by atoms with Crippen molar-refractivity contribution in [2.24, 2.45) is 0 Å². The monoisotopic (exact) mass is 300 g/mol. The molecular weight excluding hydrogens is 284 g/mol. The van der Waals surface area contributed by atoms with Crippen LogP contribution in [0.5, 0.6) is 5.75 Å². The molecule has 1 aliphatic heterocycles. The van der Waals surface area contributed by atoms with Crippen LogP contribution >= 0.6 is 0 Å². The molecule has 0 bridgehead atoms. The third kappa shape index (κ3) is 1.54. The molecule has 2 aromatic heterocycles. The molecule has 3 nitrogen and oxygen atoms in total. The maximum absolute atomic E-state index is 6.01. The fourth-order valence-corrected chi connectivity index (χ4v) is 4.02. The highest BCUT2D eigenvalue weighted by Crippen LogP contribution is 2.54. The van der Waals surface area contributed by atoms with Crippen molar-refractivity contribution in [2.75, 3.05) is 0 Å². The fourth-order valence-electron chi connectivity index (χ4n) is 4.02. The van der Waals surface area contributed by atoms with Gasteiger partial charge in [0.1, 0.15) is 12.4 Å². The summed E-state index contributed by atoms with van der Waals surface area (Å²) < 4.78 is 6.01. The van der Waals surface area contributed by atoms with Crippen molar-refractivity contribution in [2.45, 2.75) is 25.9 Å². The van der Waals surface area contributed by atoms with Crippen LogP contribution in [0.3, 0.4) is 0 Å². The summed E-state index contributed by atoms with van der Waals surface area (Å²) in [6.07, 6.45) is 5.64. The summed E-state index contributed by atoms with van der Waals surface area (Å²) in [6.45, 7) is 5.13. The van der Waals surface area contributed by atoms with Crippen molar-refractivity contribution >= 4 is 0 Å². The van der Waals surface area contributed by atoms with Crippen LogP contribution in [0.25, 0.3) is 22.4 Å². The van der Waals surface area contributed by atoms with Gasteiger partial charge in [-0.1, -0.05) is 19.9 Å². The molecule has 112 valence electrons. The van der Waals surface area contributed by atoms with Crippen molar-refractivity contribution in [3.63, 3.8) is 0 Å². The van der Waals surface area contributed by atoms with Gasteiger partial charge in [-0.3, -0.25) is 9.97 Å². The molecule has 0 saturated carbocycles. The molecule has 5 rings (SSSR count). The Kier molecular flexibility index (Phi) is 2.34. The maximum atomic E-state index is 6.01. The lowest BCUT2D eigenvalue weighted by molar-refractivity contribution is 0.301. The van der Waals surface area contributed by atoms with Crippen LogP contribution in [0.4, 0.5) is 0 Å². The van der Waals surface area contributed by atoms with Crippen LogP contribution in [0, 0.1) is 0 Å². The molecule has 3 heterocycles. The van der Waals surface area contributed by atoms with Crippen LogP contribution < -0.4 is 4.74 Å². The zero-order valence-corrected chi connectivity index (χ0v) is 13.1. The lowest BCUT2D eigenvalue weighted by Crippen LogP contribution is -2.18. The second-order valence-corrected chi connectivity index (χ2v) is 6.71. The molecule has 23 heavy (non-hydrogen) atoms. The predicted molar refractivity (Wildman–Crippen MR) is 89.4 cm³/mol. The summed E-state index contributed by atoms with van der Waals surface area (Å²) in [5.74, 6) is 0.961. The molecule has 0 saturated heterocycles. The predicted octanol–water partition coefficient (Wildman–Crippen LogP) is 4.34. The van der Waals surface area contributed by atoms with Gasteiger partial charge < -0.3 is 4.74 Å². The second-order valence-electron chi connectivity index (χ2n) is 6.71. The number of nitrogens with zero attached hydrogens (tertiary/aromatic N) is 2. The van der Waals surface area contributed by atoms with E-state index in [0.717, 1.165) is 17.0 Å². The van der Waals surface area contributed by atoms with E-state index in [1.54, 1.807) is 0 Å². The standard InChI is InChI=1S/C20H16N2O/c1-20(2)15-4-3-8-22-19(15)14-5-6-16-17(18(14)20)13-7-9-21-10-12(13)11-23-16/h3-10H,11H2,1-2H3. The number of aromatic nitrogens is 2. The molecule has 0 radical (unpaired) electrons. The number of hydrogen-bond acceptors (Lipinski definition) is 3. The van der Waals surface area contributed by atoms with E-state index in [-0.39, 0.29) is 5.41 Å². The Hall–Kier alpha value is -2.68. The lowest BCUT2D eigenvalue weighted by atomic mass is 9.78. The van der Waals surface area contributed by atoms with Gasteiger partial charge in [0.15, 0.2) is 0 Å². The van der Waals surface area contributed by atoms with Gasteiger partial charge in [-0.25, -0.2) is 0 Å². The van der Waals surface area contributed by atoms with Gasteiger partial charge in [-0.15, -0.1) is 0 Å². The summed E-state index contributed by atoms with van der Waals surface area (Å²) in [7, 11) is 0. The van der Waals surface area contributed by atoms with E-state index in [9.17, 15) is 0 Å². The highest BCUT2D eigenvalue weighted by atomic mass is 16.5. The zero-order valence-electron chi connectivity index (χ0n) is 13.1. The van der Waals surface area contributed by atoms with E-state index in [4.69, 9.17) is 4.74 Å². The van der Waals surface area contributed by atoms with E-state index in [2.05, 4.69) is 48.1 Å². The Labute approximate surface area is 135 Å². The largest absolute Gasteiger partial charge is 0.488 e. The van der Waals surface area contributed by atoms with Crippen LogP contribution in [0.2, 0.25) is 0 Å². The molecule has 0 fully saturated rings. The van der Waals surface area contributed by atoms with Crippen molar-refractivity contribution < 1.29 is 4.74 Å². The summed E-state index contributed by atoms with van der Waals surface area (Å²) in [5, 5.41) is 0.